The highest BCUT2D eigenvalue weighted by atomic mass is 16.3. The number of benzene rings is 1. The Morgan fingerprint density at radius 2 is 1.97 bits per heavy atom. The second-order valence-electron chi connectivity index (χ2n) is 9.21. The lowest BCUT2D eigenvalue weighted by Gasteiger charge is -2.35. The van der Waals surface area contributed by atoms with Crippen molar-refractivity contribution in [1.82, 2.24) is 19.5 Å². The van der Waals surface area contributed by atoms with Crippen LogP contribution in [0, 0.1) is 13.8 Å². The summed E-state index contributed by atoms with van der Waals surface area (Å²) in [5.41, 5.74) is 11.6. The SMILES string of the molecule is Cc1ccc(O)cc1CN1CCCCC1c1cc2nc(N3CCC(N)C3)c(C)cn2n1. The van der Waals surface area contributed by atoms with Gasteiger partial charge in [-0.3, -0.25) is 4.90 Å². The van der Waals surface area contributed by atoms with Crippen molar-refractivity contribution in [1.29, 1.82) is 0 Å². The third-order valence-electron chi connectivity index (χ3n) is 6.81. The quantitative estimate of drug-likeness (QED) is 0.674. The van der Waals surface area contributed by atoms with E-state index in [1.54, 1.807) is 6.07 Å². The molecule has 2 atom stereocenters. The zero-order valence-electron chi connectivity index (χ0n) is 18.5. The molecule has 3 aromatic rings. The van der Waals surface area contributed by atoms with Crippen LogP contribution in [0.25, 0.3) is 5.65 Å². The fraction of sp³-hybridized carbons (Fsp3) is 0.500. The van der Waals surface area contributed by atoms with Crippen LogP contribution in [0.4, 0.5) is 5.82 Å². The molecule has 4 heterocycles. The van der Waals surface area contributed by atoms with Gasteiger partial charge < -0.3 is 15.7 Å². The van der Waals surface area contributed by atoms with Crippen molar-refractivity contribution in [2.24, 2.45) is 5.73 Å². The van der Waals surface area contributed by atoms with Crippen LogP contribution in [-0.2, 0) is 6.54 Å². The highest BCUT2D eigenvalue weighted by Crippen LogP contribution is 2.33. The number of anilines is 1. The number of likely N-dealkylation sites (tertiary alicyclic amines) is 1. The maximum Gasteiger partial charge on any atom is 0.157 e. The Labute approximate surface area is 183 Å². The van der Waals surface area contributed by atoms with Crippen LogP contribution >= 0.6 is 0 Å². The van der Waals surface area contributed by atoms with Gasteiger partial charge >= 0.3 is 0 Å². The van der Waals surface area contributed by atoms with E-state index in [-0.39, 0.29) is 12.1 Å². The molecule has 7 heteroatoms. The average molecular weight is 421 g/mol. The van der Waals surface area contributed by atoms with Gasteiger partial charge in [0.1, 0.15) is 11.6 Å². The number of aromatic nitrogens is 3. The van der Waals surface area contributed by atoms with E-state index in [0.717, 1.165) is 61.7 Å². The molecular formula is C24H32N6O. The molecule has 2 aliphatic rings. The van der Waals surface area contributed by atoms with Gasteiger partial charge in [0.05, 0.1) is 11.7 Å². The third kappa shape index (κ3) is 4.00. The number of hydrogen-bond donors (Lipinski definition) is 2. The molecule has 0 radical (unpaired) electrons. The summed E-state index contributed by atoms with van der Waals surface area (Å²) in [5.74, 6) is 1.36. The number of nitrogens with two attached hydrogens (primary N) is 1. The molecule has 3 N–H and O–H groups in total. The van der Waals surface area contributed by atoms with Gasteiger partial charge in [0.25, 0.3) is 0 Å². The molecule has 164 valence electrons. The first-order valence-electron chi connectivity index (χ1n) is 11.4. The van der Waals surface area contributed by atoms with E-state index in [1.807, 2.05) is 16.6 Å². The van der Waals surface area contributed by atoms with Crippen LogP contribution in [0.5, 0.6) is 5.75 Å². The molecule has 2 aromatic heterocycles. The molecule has 0 aliphatic carbocycles. The molecule has 2 aliphatic heterocycles. The molecule has 2 saturated heterocycles. The summed E-state index contributed by atoms with van der Waals surface area (Å²) >= 11 is 0. The summed E-state index contributed by atoms with van der Waals surface area (Å²) in [5, 5.41) is 14.9. The highest BCUT2D eigenvalue weighted by Gasteiger charge is 2.28. The largest absolute Gasteiger partial charge is 0.508 e. The first-order valence-corrected chi connectivity index (χ1v) is 11.4. The minimum atomic E-state index is 0.231. The number of nitrogens with zero attached hydrogens (tertiary/aromatic N) is 5. The molecule has 0 spiro atoms. The lowest BCUT2D eigenvalue weighted by atomic mass is 9.97. The van der Waals surface area contributed by atoms with Gasteiger partial charge in [0.15, 0.2) is 5.65 Å². The summed E-state index contributed by atoms with van der Waals surface area (Å²) in [6, 6.07) is 8.29. The van der Waals surface area contributed by atoms with Crippen molar-refractivity contribution >= 4 is 11.5 Å². The summed E-state index contributed by atoms with van der Waals surface area (Å²) in [7, 11) is 0. The van der Waals surface area contributed by atoms with Crippen molar-refractivity contribution in [3.05, 3.63) is 52.8 Å². The number of phenolic OH excluding ortho intramolecular Hbond substituents is 1. The Morgan fingerprint density at radius 3 is 2.77 bits per heavy atom. The van der Waals surface area contributed by atoms with Crippen molar-refractivity contribution < 1.29 is 5.11 Å². The van der Waals surface area contributed by atoms with Gasteiger partial charge in [-0.2, -0.15) is 5.10 Å². The van der Waals surface area contributed by atoms with Crippen molar-refractivity contribution in [2.75, 3.05) is 24.5 Å². The van der Waals surface area contributed by atoms with E-state index >= 15 is 0 Å². The molecule has 0 bridgehead atoms. The van der Waals surface area contributed by atoms with Gasteiger partial charge in [-0.1, -0.05) is 12.5 Å². The molecule has 5 rings (SSSR count). The maximum absolute atomic E-state index is 9.95. The number of aryl methyl sites for hydroxylation is 2. The Morgan fingerprint density at radius 1 is 1.10 bits per heavy atom. The van der Waals surface area contributed by atoms with Gasteiger partial charge in [-0.05, 0) is 62.9 Å². The molecule has 0 amide bonds. The van der Waals surface area contributed by atoms with Crippen LogP contribution in [-0.4, -0.2) is 50.3 Å². The van der Waals surface area contributed by atoms with E-state index in [4.69, 9.17) is 15.8 Å². The van der Waals surface area contributed by atoms with Crippen LogP contribution < -0.4 is 10.6 Å². The summed E-state index contributed by atoms with van der Waals surface area (Å²) in [6.07, 6.45) is 6.60. The van der Waals surface area contributed by atoms with Gasteiger partial charge in [0, 0.05) is 43.5 Å². The van der Waals surface area contributed by atoms with E-state index in [2.05, 4.69) is 35.9 Å². The minimum Gasteiger partial charge on any atom is -0.508 e. The van der Waals surface area contributed by atoms with E-state index in [1.165, 1.54) is 24.0 Å². The number of piperidine rings is 1. The number of aromatic hydroxyl groups is 1. The predicted octanol–water partition coefficient (Wildman–Crippen LogP) is 3.32. The Bertz CT molecular complexity index is 1090. The fourth-order valence-corrected chi connectivity index (χ4v) is 5.04. The maximum atomic E-state index is 9.95. The lowest BCUT2D eigenvalue weighted by molar-refractivity contribution is 0.136. The smallest absolute Gasteiger partial charge is 0.157 e. The number of fused-ring (bicyclic) bond motifs is 1. The second kappa shape index (κ2) is 8.13. The van der Waals surface area contributed by atoms with Crippen molar-refractivity contribution in [2.45, 2.75) is 58.2 Å². The number of hydrogen-bond acceptors (Lipinski definition) is 6. The van der Waals surface area contributed by atoms with Gasteiger partial charge in [-0.15, -0.1) is 0 Å². The molecule has 2 fully saturated rings. The first-order chi connectivity index (χ1) is 15.0. The molecule has 0 saturated carbocycles. The van der Waals surface area contributed by atoms with Gasteiger partial charge in [-0.25, -0.2) is 9.50 Å². The number of rotatable bonds is 4. The molecule has 7 nitrogen and oxygen atoms in total. The first kappa shape index (κ1) is 20.3. The van der Waals surface area contributed by atoms with Crippen LogP contribution in [0.15, 0.2) is 30.5 Å². The van der Waals surface area contributed by atoms with Crippen LogP contribution in [0.3, 0.4) is 0 Å². The molecule has 2 unspecified atom stereocenters. The molecule has 31 heavy (non-hydrogen) atoms. The van der Waals surface area contributed by atoms with Crippen LogP contribution in [0.1, 0.15) is 54.1 Å². The van der Waals surface area contributed by atoms with Crippen LogP contribution in [0.2, 0.25) is 0 Å². The zero-order chi connectivity index (χ0) is 21.5. The van der Waals surface area contributed by atoms with E-state index < -0.39 is 0 Å². The second-order valence-corrected chi connectivity index (χ2v) is 9.21. The average Bonchev–Trinajstić information content (AvgIpc) is 3.36. The summed E-state index contributed by atoms with van der Waals surface area (Å²) in [4.78, 5) is 9.76. The molecular weight excluding hydrogens is 388 g/mol. The standard InChI is InChI=1S/C24H32N6O/c1-16-6-7-20(31)11-18(16)14-28-9-4-3-5-22(28)21-12-23-26-24(17(2)13-30(23)27-21)29-10-8-19(25)15-29/h6-7,11-13,19,22,31H,3-5,8-10,14-15,25H2,1-2H3. The Balaban J connectivity index is 1.44. The van der Waals surface area contributed by atoms with E-state index in [0.29, 0.717) is 5.75 Å². The summed E-state index contributed by atoms with van der Waals surface area (Å²) < 4.78 is 1.93. The monoisotopic (exact) mass is 420 g/mol. The fourth-order valence-electron chi connectivity index (χ4n) is 5.04. The predicted molar refractivity (Wildman–Crippen MR) is 122 cm³/mol. The Hall–Kier alpha value is -2.64. The van der Waals surface area contributed by atoms with Gasteiger partial charge in [0.2, 0.25) is 0 Å². The third-order valence-corrected chi connectivity index (χ3v) is 6.81. The minimum absolute atomic E-state index is 0.231. The highest BCUT2D eigenvalue weighted by molar-refractivity contribution is 5.54. The Kier molecular flexibility index (Phi) is 5.32. The number of phenols is 1. The van der Waals surface area contributed by atoms with E-state index in [9.17, 15) is 5.11 Å². The van der Waals surface area contributed by atoms with Crippen molar-refractivity contribution in [3.8, 4) is 5.75 Å². The molecule has 1 aromatic carbocycles. The van der Waals surface area contributed by atoms with Crippen molar-refractivity contribution in [3.63, 3.8) is 0 Å². The normalized spacial score (nSPS) is 22.5. The lowest BCUT2D eigenvalue weighted by Crippen LogP contribution is -2.33. The topological polar surface area (TPSA) is 82.9 Å². The summed E-state index contributed by atoms with van der Waals surface area (Å²) in [6.45, 7) is 7.90. The zero-order valence-corrected chi connectivity index (χ0v) is 18.5.